The largest absolute Gasteiger partial charge is 0.251 e. The van der Waals surface area contributed by atoms with Crippen molar-refractivity contribution in [3.63, 3.8) is 0 Å². The normalized spacial score (nSPS) is 11.1. The van der Waals surface area contributed by atoms with E-state index in [0.29, 0.717) is 6.04 Å². The Morgan fingerprint density at radius 3 is 2.67 bits per heavy atom. The highest BCUT2D eigenvalue weighted by molar-refractivity contribution is 6.29. The summed E-state index contributed by atoms with van der Waals surface area (Å²) in [5.74, 6) is 0. The van der Waals surface area contributed by atoms with Crippen LogP contribution in [0, 0.1) is 0 Å². The smallest absolute Gasteiger partial charge is 0.127 e. The van der Waals surface area contributed by atoms with Gasteiger partial charge in [-0.3, -0.25) is 4.68 Å². The first-order valence-electron chi connectivity index (χ1n) is 4.39. The van der Waals surface area contributed by atoms with Gasteiger partial charge >= 0.3 is 0 Å². The van der Waals surface area contributed by atoms with E-state index >= 15 is 0 Å². The highest BCUT2D eigenvalue weighted by Crippen LogP contribution is 2.16. The van der Waals surface area contributed by atoms with E-state index in [1.54, 1.807) is 0 Å². The van der Waals surface area contributed by atoms with E-state index < -0.39 is 0 Å². The number of aromatic nitrogens is 2. The van der Waals surface area contributed by atoms with Gasteiger partial charge in [0.05, 0.1) is 5.69 Å². The standard InChI is InChI=1S/C9H15ClN2/c1-4-5-8-6-9(10)12(11-8)7(2)3/h6-7H,4-5H2,1-3H3. The second-order valence-corrected chi connectivity index (χ2v) is 3.63. The molecule has 0 atom stereocenters. The third-order valence-corrected chi connectivity index (χ3v) is 2.02. The van der Waals surface area contributed by atoms with E-state index in [1.807, 2.05) is 10.7 Å². The topological polar surface area (TPSA) is 17.8 Å². The van der Waals surface area contributed by atoms with Crippen LogP contribution in [-0.4, -0.2) is 9.78 Å². The molecular weight excluding hydrogens is 172 g/mol. The number of hydrogen-bond acceptors (Lipinski definition) is 1. The second-order valence-electron chi connectivity index (χ2n) is 3.25. The monoisotopic (exact) mass is 186 g/mol. The Hall–Kier alpha value is -0.500. The molecule has 0 aliphatic rings. The van der Waals surface area contributed by atoms with E-state index in [-0.39, 0.29) is 0 Å². The molecule has 0 N–H and O–H groups in total. The Morgan fingerprint density at radius 1 is 1.58 bits per heavy atom. The molecule has 0 spiro atoms. The molecule has 1 aromatic rings. The van der Waals surface area contributed by atoms with Crippen LogP contribution in [0.4, 0.5) is 0 Å². The lowest BCUT2D eigenvalue weighted by Gasteiger charge is -2.05. The van der Waals surface area contributed by atoms with Gasteiger partial charge in [0, 0.05) is 6.04 Å². The molecule has 1 aromatic heterocycles. The van der Waals surface area contributed by atoms with E-state index in [4.69, 9.17) is 11.6 Å². The third kappa shape index (κ3) is 2.01. The van der Waals surface area contributed by atoms with Gasteiger partial charge in [-0.15, -0.1) is 0 Å². The van der Waals surface area contributed by atoms with Crippen LogP contribution in [0.15, 0.2) is 6.07 Å². The number of halogens is 1. The summed E-state index contributed by atoms with van der Waals surface area (Å²) in [5.41, 5.74) is 1.09. The van der Waals surface area contributed by atoms with Gasteiger partial charge in [-0.05, 0) is 26.3 Å². The molecule has 0 amide bonds. The van der Waals surface area contributed by atoms with Crippen LogP contribution in [0.3, 0.4) is 0 Å². The molecule has 1 heterocycles. The molecule has 0 aliphatic carbocycles. The van der Waals surface area contributed by atoms with Crippen LogP contribution in [0.5, 0.6) is 0 Å². The van der Waals surface area contributed by atoms with Gasteiger partial charge in [-0.2, -0.15) is 5.10 Å². The van der Waals surface area contributed by atoms with Crippen molar-refractivity contribution in [3.05, 3.63) is 16.9 Å². The van der Waals surface area contributed by atoms with Crippen LogP contribution >= 0.6 is 11.6 Å². The maximum atomic E-state index is 5.98. The zero-order valence-corrected chi connectivity index (χ0v) is 8.60. The van der Waals surface area contributed by atoms with E-state index in [1.165, 1.54) is 0 Å². The fourth-order valence-electron chi connectivity index (χ4n) is 1.16. The molecule has 1 rings (SSSR count). The summed E-state index contributed by atoms with van der Waals surface area (Å²) in [4.78, 5) is 0. The summed E-state index contributed by atoms with van der Waals surface area (Å²) in [5, 5.41) is 5.13. The molecule has 0 bridgehead atoms. The van der Waals surface area contributed by atoms with E-state index in [0.717, 1.165) is 23.7 Å². The molecule has 0 saturated heterocycles. The Balaban J connectivity index is 2.85. The Kier molecular flexibility index (Phi) is 3.15. The summed E-state index contributed by atoms with van der Waals surface area (Å²) in [7, 11) is 0. The fourth-order valence-corrected chi connectivity index (χ4v) is 1.52. The fraction of sp³-hybridized carbons (Fsp3) is 0.667. The van der Waals surface area contributed by atoms with Crippen LogP contribution in [0.1, 0.15) is 38.9 Å². The van der Waals surface area contributed by atoms with Crippen LogP contribution in [0.25, 0.3) is 0 Å². The van der Waals surface area contributed by atoms with Gasteiger partial charge in [-0.1, -0.05) is 24.9 Å². The lowest BCUT2D eigenvalue weighted by molar-refractivity contribution is 0.526. The first-order chi connectivity index (χ1) is 5.65. The van der Waals surface area contributed by atoms with Crippen molar-refractivity contribution in [3.8, 4) is 0 Å². The minimum atomic E-state index is 0.350. The Labute approximate surface area is 78.5 Å². The van der Waals surface area contributed by atoms with Crippen LogP contribution < -0.4 is 0 Å². The predicted molar refractivity (Wildman–Crippen MR) is 51.6 cm³/mol. The lowest BCUT2D eigenvalue weighted by atomic mass is 10.3. The molecule has 0 saturated carbocycles. The molecule has 2 nitrogen and oxygen atoms in total. The summed E-state index contributed by atoms with van der Waals surface area (Å²) in [6, 6.07) is 2.30. The van der Waals surface area contributed by atoms with Crippen LogP contribution in [-0.2, 0) is 6.42 Å². The van der Waals surface area contributed by atoms with Crippen molar-refractivity contribution in [1.82, 2.24) is 9.78 Å². The van der Waals surface area contributed by atoms with Gasteiger partial charge in [-0.25, -0.2) is 0 Å². The Morgan fingerprint density at radius 2 is 2.25 bits per heavy atom. The molecule has 3 heteroatoms. The highest BCUT2D eigenvalue weighted by atomic mass is 35.5. The Bertz CT molecular complexity index is 253. The highest BCUT2D eigenvalue weighted by Gasteiger charge is 2.06. The summed E-state index contributed by atoms with van der Waals surface area (Å²) >= 11 is 5.98. The van der Waals surface area contributed by atoms with Gasteiger partial charge in [0.15, 0.2) is 0 Å². The SMILES string of the molecule is CCCc1cc(Cl)n(C(C)C)n1. The molecule has 68 valence electrons. The quantitative estimate of drug-likeness (QED) is 0.710. The number of aryl methyl sites for hydroxylation is 1. The molecular formula is C9H15ClN2. The van der Waals surface area contributed by atoms with Crippen molar-refractivity contribution in [1.29, 1.82) is 0 Å². The van der Waals surface area contributed by atoms with Crippen molar-refractivity contribution in [2.24, 2.45) is 0 Å². The van der Waals surface area contributed by atoms with Crippen molar-refractivity contribution >= 4 is 11.6 Å². The summed E-state index contributed by atoms with van der Waals surface area (Å²) < 4.78 is 1.85. The lowest BCUT2D eigenvalue weighted by Crippen LogP contribution is -2.03. The molecule has 0 aromatic carbocycles. The van der Waals surface area contributed by atoms with E-state index in [2.05, 4.69) is 25.9 Å². The van der Waals surface area contributed by atoms with E-state index in [9.17, 15) is 0 Å². The molecule has 12 heavy (non-hydrogen) atoms. The summed E-state index contributed by atoms with van der Waals surface area (Å²) in [6.07, 6.45) is 2.13. The molecule has 0 unspecified atom stereocenters. The van der Waals surface area contributed by atoms with Crippen LogP contribution in [0.2, 0.25) is 5.15 Å². The van der Waals surface area contributed by atoms with Gasteiger partial charge < -0.3 is 0 Å². The first-order valence-corrected chi connectivity index (χ1v) is 4.77. The molecule has 0 radical (unpaired) electrons. The predicted octanol–water partition coefficient (Wildman–Crippen LogP) is 3.07. The number of rotatable bonds is 3. The zero-order valence-electron chi connectivity index (χ0n) is 7.84. The first kappa shape index (κ1) is 9.59. The van der Waals surface area contributed by atoms with Gasteiger partial charge in [0.2, 0.25) is 0 Å². The van der Waals surface area contributed by atoms with Crippen molar-refractivity contribution in [2.75, 3.05) is 0 Å². The molecule has 0 fully saturated rings. The number of nitrogens with zero attached hydrogens (tertiary/aromatic N) is 2. The zero-order chi connectivity index (χ0) is 9.14. The third-order valence-electron chi connectivity index (χ3n) is 1.74. The minimum Gasteiger partial charge on any atom is -0.251 e. The number of hydrogen-bond donors (Lipinski definition) is 0. The maximum absolute atomic E-state index is 5.98. The van der Waals surface area contributed by atoms with Crippen molar-refractivity contribution < 1.29 is 0 Å². The average molecular weight is 187 g/mol. The second kappa shape index (κ2) is 3.94. The molecule has 0 aliphatic heterocycles. The van der Waals surface area contributed by atoms with Gasteiger partial charge in [0.1, 0.15) is 5.15 Å². The average Bonchev–Trinajstić information content (AvgIpc) is 2.32. The maximum Gasteiger partial charge on any atom is 0.127 e. The van der Waals surface area contributed by atoms with Gasteiger partial charge in [0.25, 0.3) is 0 Å². The summed E-state index contributed by atoms with van der Waals surface area (Å²) in [6.45, 7) is 6.30. The van der Waals surface area contributed by atoms with Crippen molar-refractivity contribution in [2.45, 2.75) is 39.7 Å². The minimum absolute atomic E-state index is 0.350.